The third-order valence-corrected chi connectivity index (χ3v) is 10.7. The molecule has 2 rings (SSSR count). The van der Waals surface area contributed by atoms with Gasteiger partial charge in [-0.05, 0) is 36.5 Å². The highest BCUT2D eigenvalue weighted by Gasteiger charge is 2.41. The summed E-state index contributed by atoms with van der Waals surface area (Å²) in [6.07, 6.45) is -0.619. The van der Waals surface area contributed by atoms with Crippen molar-refractivity contribution in [2.75, 3.05) is 13.2 Å². The van der Waals surface area contributed by atoms with Crippen LogP contribution in [0.5, 0.6) is 0 Å². The van der Waals surface area contributed by atoms with Crippen LogP contribution in [-0.2, 0) is 20.4 Å². The van der Waals surface area contributed by atoms with Gasteiger partial charge >= 0.3 is 6.09 Å². The summed E-state index contributed by atoms with van der Waals surface area (Å²) >= 11 is 0. The molecule has 1 aromatic carbocycles. The molecule has 6 nitrogen and oxygen atoms in total. The molecule has 0 unspecified atom stereocenters. The van der Waals surface area contributed by atoms with Crippen molar-refractivity contribution >= 4 is 20.3 Å². The molecule has 1 aliphatic heterocycles. The molecule has 1 fully saturated rings. The van der Waals surface area contributed by atoms with Gasteiger partial charge in [-0.2, -0.15) is 0 Å². The van der Waals surface area contributed by atoms with E-state index in [0.29, 0.717) is 19.4 Å². The van der Waals surface area contributed by atoms with Crippen molar-refractivity contribution in [1.29, 1.82) is 0 Å². The third kappa shape index (κ3) is 5.90. The van der Waals surface area contributed by atoms with E-state index in [2.05, 4.69) is 33.9 Å². The first-order valence-electron chi connectivity index (χ1n) is 10.3. The fraction of sp³-hybridized carbons (Fsp3) is 0.636. The summed E-state index contributed by atoms with van der Waals surface area (Å²) in [4.78, 5) is 26.3. The van der Waals surface area contributed by atoms with Crippen LogP contribution in [0.1, 0.15) is 39.7 Å². The Bertz CT molecular complexity index is 701. The lowest BCUT2D eigenvalue weighted by molar-refractivity contribution is -0.136. The molecule has 1 N–H and O–H groups in total. The molecule has 0 spiro atoms. The van der Waals surface area contributed by atoms with Crippen molar-refractivity contribution in [3.63, 3.8) is 0 Å². The summed E-state index contributed by atoms with van der Waals surface area (Å²) in [6, 6.07) is 9.34. The molecule has 162 valence electrons. The maximum atomic E-state index is 13.0. The monoisotopic (exact) mass is 421 g/mol. The highest BCUT2D eigenvalue weighted by atomic mass is 28.4. The zero-order valence-electron chi connectivity index (χ0n) is 18.5. The topological polar surface area (TPSA) is 76.1 Å². The van der Waals surface area contributed by atoms with Gasteiger partial charge in [-0.15, -0.1) is 0 Å². The molecule has 0 aromatic heterocycles. The summed E-state index contributed by atoms with van der Waals surface area (Å²) in [5, 5.41) is 10.6. The van der Waals surface area contributed by atoms with E-state index in [-0.39, 0.29) is 17.7 Å². The number of hydrogen-bond acceptors (Lipinski definition) is 5. The molecule has 1 heterocycles. The first-order chi connectivity index (χ1) is 13.4. The summed E-state index contributed by atoms with van der Waals surface area (Å²) in [7, 11) is -1.91. The minimum Gasteiger partial charge on any atom is -0.447 e. The molecule has 0 aliphatic carbocycles. The van der Waals surface area contributed by atoms with Crippen LogP contribution >= 0.6 is 0 Å². The summed E-state index contributed by atoms with van der Waals surface area (Å²) in [5.74, 6) is -1.10. The Labute approximate surface area is 175 Å². The van der Waals surface area contributed by atoms with Gasteiger partial charge in [0.05, 0.1) is 18.1 Å². The average molecular weight is 422 g/mol. The number of carbonyl (C=O) groups is 2. The van der Waals surface area contributed by atoms with Gasteiger partial charge in [-0.1, -0.05) is 58.0 Å². The van der Waals surface area contributed by atoms with Crippen molar-refractivity contribution in [2.24, 2.45) is 5.92 Å². The van der Waals surface area contributed by atoms with Crippen LogP contribution < -0.4 is 0 Å². The molecule has 3 atom stereocenters. The lowest BCUT2D eigenvalue weighted by atomic mass is 9.99. The third-order valence-electron chi connectivity index (χ3n) is 6.16. The molecular weight excluding hydrogens is 386 g/mol. The first kappa shape index (κ1) is 23.6. The van der Waals surface area contributed by atoms with Gasteiger partial charge in [-0.3, -0.25) is 4.79 Å². The van der Waals surface area contributed by atoms with Gasteiger partial charge in [0.15, 0.2) is 8.32 Å². The van der Waals surface area contributed by atoms with E-state index in [4.69, 9.17) is 9.16 Å². The van der Waals surface area contributed by atoms with E-state index in [1.54, 1.807) is 6.92 Å². The molecule has 0 radical (unpaired) electrons. The number of carbonyl (C=O) groups excluding carboxylic acids is 2. The Morgan fingerprint density at radius 3 is 2.52 bits per heavy atom. The quantitative estimate of drug-likeness (QED) is 0.643. The number of nitrogens with zero attached hydrogens (tertiary/aromatic N) is 1. The smallest absolute Gasteiger partial charge is 0.416 e. The first-order valence-corrected chi connectivity index (χ1v) is 13.2. The van der Waals surface area contributed by atoms with Crippen LogP contribution in [0.2, 0.25) is 18.1 Å². The summed E-state index contributed by atoms with van der Waals surface area (Å²) in [6.45, 7) is 13.0. The Morgan fingerprint density at radius 2 is 1.93 bits per heavy atom. The maximum absolute atomic E-state index is 13.0. The number of amides is 2. The lowest BCUT2D eigenvalue weighted by Gasteiger charge is -2.36. The molecular formula is C22H35NO5Si. The second-order valence-electron chi connectivity index (χ2n) is 9.38. The lowest BCUT2D eigenvalue weighted by Crippen LogP contribution is -2.46. The Kier molecular flexibility index (Phi) is 7.65. The van der Waals surface area contributed by atoms with Crippen molar-refractivity contribution in [1.82, 2.24) is 4.90 Å². The normalized spacial score (nSPS) is 19.8. The molecule has 1 aromatic rings. The van der Waals surface area contributed by atoms with Crippen LogP contribution in [-0.4, -0.2) is 55.7 Å². The van der Waals surface area contributed by atoms with Crippen LogP contribution in [0.4, 0.5) is 4.79 Å². The Morgan fingerprint density at radius 1 is 1.31 bits per heavy atom. The number of cyclic esters (lactones) is 1. The highest BCUT2D eigenvalue weighted by molar-refractivity contribution is 6.74. The SMILES string of the molecule is C[C@@H](C(=O)N1C(=O)OC[C@@H]1Cc1ccccc1)[C@@H](O)CCO[Si](C)(C)C(C)(C)C. The summed E-state index contributed by atoms with van der Waals surface area (Å²) < 4.78 is 11.2. The standard InChI is InChI=1S/C22H35NO5Si/c1-16(19(24)12-13-28-29(5,6)22(2,3)4)20(25)23-18(15-27-21(23)26)14-17-10-8-7-9-11-17/h7-11,16,18-19,24H,12-15H2,1-6H3/t16-,18+,19+/m1/s1. The number of rotatable bonds is 8. The fourth-order valence-corrected chi connectivity index (χ4v) is 4.11. The number of ether oxygens (including phenoxy) is 1. The number of hydrogen-bond donors (Lipinski definition) is 1. The number of benzene rings is 1. The number of imide groups is 1. The molecule has 7 heteroatoms. The second kappa shape index (κ2) is 9.41. The van der Waals surface area contributed by atoms with Gasteiger partial charge in [0.25, 0.3) is 0 Å². The van der Waals surface area contributed by atoms with E-state index in [1.807, 2.05) is 30.3 Å². The van der Waals surface area contributed by atoms with Gasteiger partial charge in [0.1, 0.15) is 6.61 Å². The Balaban J connectivity index is 1.95. The molecule has 1 aliphatic rings. The Hall–Kier alpha value is -1.70. The van der Waals surface area contributed by atoms with E-state index in [0.717, 1.165) is 5.56 Å². The molecule has 0 bridgehead atoms. The van der Waals surface area contributed by atoms with E-state index < -0.39 is 32.3 Å². The van der Waals surface area contributed by atoms with Crippen molar-refractivity contribution in [3.05, 3.63) is 35.9 Å². The zero-order chi connectivity index (χ0) is 21.8. The van der Waals surface area contributed by atoms with Crippen LogP contribution in [0.25, 0.3) is 0 Å². The number of aliphatic hydroxyl groups excluding tert-OH is 1. The molecule has 29 heavy (non-hydrogen) atoms. The van der Waals surface area contributed by atoms with Gasteiger partial charge in [0, 0.05) is 6.61 Å². The second-order valence-corrected chi connectivity index (χ2v) is 14.2. The van der Waals surface area contributed by atoms with E-state index in [1.165, 1.54) is 4.90 Å². The number of aliphatic hydroxyl groups is 1. The predicted octanol–water partition coefficient (Wildman–Crippen LogP) is 3.99. The van der Waals surface area contributed by atoms with Crippen LogP contribution in [0, 0.1) is 5.92 Å². The molecule has 2 amide bonds. The average Bonchev–Trinajstić information content (AvgIpc) is 3.00. The van der Waals surface area contributed by atoms with Gasteiger partial charge in [-0.25, -0.2) is 9.69 Å². The van der Waals surface area contributed by atoms with Crippen LogP contribution in [0.3, 0.4) is 0 Å². The van der Waals surface area contributed by atoms with Crippen molar-refractivity contribution in [3.8, 4) is 0 Å². The largest absolute Gasteiger partial charge is 0.447 e. The predicted molar refractivity (Wildman–Crippen MR) is 115 cm³/mol. The van der Waals surface area contributed by atoms with Crippen molar-refractivity contribution in [2.45, 2.75) is 70.8 Å². The highest BCUT2D eigenvalue weighted by Crippen LogP contribution is 2.36. The van der Waals surface area contributed by atoms with Gasteiger partial charge in [0.2, 0.25) is 5.91 Å². The molecule has 0 saturated carbocycles. The minimum atomic E-state index is -1.91. The fourth-order valence-electron chi connectivity index (χ4n) is 3.05. The zero-order valence-corrected chi connectivity index (χ0v) is 19.5. The van der Waals surface area contributed by atoms with E-state index in [9.17, 15) is 14.7 Å². The summed E-state index contributed by atoms with van der Waals surface area (Å²) in [5.41, 5.74) is 1.03. The van der Waals surface area contributed by atoms with Crippen LogP contribution in [0.15, 0.2) is 30.3 Å². The molecule has 1 saturated heterocycles. The van der Waals surface area contributed by atoms with Gasteiger partial charge < -0.3 is 14.3 Å². The van der Waals surface area contributed by atoms with Crippen molar-refractivity contribution < 1.29 is 23.9 Å². The maximum Gasteiger partial charge on any atom is 0.416 e. The van der Waals surface area contributed by atoms with E-state index >= 15 is 0 Å². The minimum absolute atomic E-state index is 0.0867.